The van der Waals surface area contributed by atoms with E-state index < -0.39 is 0 Å². The summed E-state index contributed by atoms with van der Waals surface area (Å²) in [5.74, 6) is 1.19. The standard InChI is InChI=1S/C21H22N2O2/c1-25-20-10-8-17(9-11-20)19-6-2-3-12-23(15-19)21(24)18-7-4-5-16(13-18)14-22/h4-5,7-11,13,19H,2-3,6,12,15H2,1H3. The summed E-state index contributed by atoms with van der Waals surface area (Å²) in [5, 5.41) is 9.05. The van der Waals surface area contributed by atoms with Crippen molar-refractivity contribution in [2.24, 2.45) is 0 Å². The molecule has 128 valence electrons. The molecule has 0 aromatic heterocycles. The normalized spacial score (nSPS) is 17.4. The minimum atomic E-state index is 0.0116. The maximum Gasteiger partial charge on any atom is 0.253 e. The Morgan fingerprint density at radius 1 is 1.20 bits per heavy atom. The third-order valence-electron chi connectivity index (χ3n) is 4.78. The van der Waals surface area contributed by atoms with Crippen molar-refractivity contribution < 1.29 is 9.53 Å². The lowest BCUT2D eigenvalue weighted by molar-refractivity contribution is 0.0754. The van der Waals surface area contributed by atoms with E-state index in [1.165, 1.54) is 5.56 Å². The van der Waals surface area contributed by atoms with Crippen molar-refractivity contribution >= 4 is 5.91 Å². The molecule has 3 rings (SSSR count). The van der Waals surface area contributed by atoms with Crippen LogP contribution in [0.5, 0.6) is 5.75 Å². The monoisotopic (exact) mass is 334 g/mol. The number of hydrogen-bond acceptors (Lipinski definition) is 3. The Balaban J connectivity index is 1.78. The number of likely N-dealkylation sites (tertiary alicyclic amines) is 1. The van der Waals surface area contributed by atoms with Gasteiger partial charge in [-0.25, -0.2) is 0 Å². The second kappa shape index (κ2) is 7.85. The Labute approximate surface area is 148 Å². The van der Waals surface area contributed by atoms with Gasteiger partial charge < -0.3 is 9.64 Å². The first-order valence-corrected chi connectivity index (χ1v) is 8.64. The lowest BCUT2D eigenvalue weighted by Gasteiger charge is -2.25. The molecule has 1 unspecified atom stereocenters. The van der Waals surface area contributed by atoms with Gasteiger partial charge in [-0.3, -0.25) is 4.79 Å². The number of ether oxygens (including phenoxy) is 1. The Hall–Kier alpha value is -2.80. The number of carbonyl (C=O) groups excluding carboxylic acids is 1. The lowest BCUT2D eigenvalue weighted by Crippen LogP contribution is -2.34. The summed E-state index contributed by atoms with van der Waals surface area (Å²) in [6.45, 7) is 1.48. The zero-order valence-electron chi connectivity index (χ0n) is 14.4. The predicted molar refractivity (Wildman–Crippen MR) is 96.6 cm³/mol. The highest BCUT2D eigenvalue weighted by molar-refractivity contribution is 5.94. The van der Waals surface area contributed by atoms with Crippen LogP contribution < -0.4 is 4.74 Å². The van der Waals surface area contributed by atoms with E-state index in [2.05, 4.69) is 18.2 Å². The molecule has 1 heterocycles. The first kappa shape index (κ1) is 17.0. The molecule has 0 spiro atoms. The molecule has 0 bridgehead atoms. The van der Waals surface area contributed by atoms with E-state index >= 15 is 0 Å². The lowest BCUT2D eigenvalue weighted by atomic mass is 9.94. The molecule has 1 fully saturated rings. The van der Waals surface area contributed by atoms with Crippen LogP contribution in [-0.4, -0.2) is 31.0 Å². The highest BCUT2D eigenvalue weighted by atomic mass is 16.5. The van der Waals surface area contributed by atoms with Crippen molar-refractivity contribution in [1.82, 2.24) is 4.90 Å². The predicted octanol–water partition coefficient (Wildman–Crippen LogP) is 3.98. The summed E-state index contributed by atoms with van der Waals surface area (Å²) >= 11 is 0. The maximum absolute atomic E-state index is 12.9. The van der Waals surface area contributed by atoms with Crippen LogP contribution in [0.25, 0.3) is 0 Å². The number of amides is 1. The molecule has 0 saturated carbocycles. The third-order valence-corrected chi connectivity index (χ3v) is 4.78. The fourth-order valence-electron chi connectivity index (χ4n) is 3.38. The summed E-state index contributed by atoms with van der Waals surface area (Å²) in [4.78, 5) is 14.8. The van der Waals surface area contributed by atoms with Gasteiger partial charge >= 0.3 is 0 Å². The van der Waals surface area contributed by atoms with Gasteiger partial charge in [0.2, 0.25) is 0 Å². The van der Waals surface area contributed by atoms with Crippen LogP contribution in [0.1, 0.15) is 46.7 Å². The Kier molecular flexibility index (Phi) is 5.35. The molecule has 1 aliphatic rings. The summed E-state index contributed by atoms with van der Waals surface area (Å²) in [6.07, 6.45) is 3.20. The number of nitriles is 1. The summed E-state index contributed by atoms with van der Waals surface area (Å²) < 4.78 is 5.23. The van der Waals surface area contributed by atoms with E-state index in [9.17, 15) is 4.79 Å². The number of benzene rings is 2. The van der Waals surface area contributed by atoms with Gasteiger partial charge in [-0.2, -0.15) is 5.26 Å². The van der Waals surface area contributed by atoms with Crippen LogP contribution in [0.4, 0.5) is 0 Å². The van der Waals surface area contributed by atoms with E-state index in [0.29, 0.717) is 23.6 Å². The molecule has 4 heteroatoms. The quantitative estimate of drug-likeness (QED) is 0.853. The van der Waals surface area contributed by atoms with E-state index in [1.54, 1.807) is 31.4 Å². The summed E-state index contributed by atoms with van der Waals surface area (Å²) in [6, 6.07) is 17.2. The second-order valence-corrected chi connectivity index (χ2v) is 6.41. The van der Waals surface area contributed by atoms with Gasteiger partial charge in [0.25, 0.3) is 5.91 Å². The average Bonchev–Trinajstić information content (AvgIpc) is 2.94. The Morgan fingerprint density at radius 2 is 2.00 bits per heavy atom. The van der Waals surface area contributed by atoms with Crippen molar-refractivity contribution in [3.63, 3.8) is 0 Å². The Morgan fingerprint density at radius 3 is 2.72 bits per heavy atom. The smallest absolute Gasteiger partial charge is 0.253 e. The maximum atomic E-state index is 12.9. The number of nitrogens with zero attached hydrogens (tertiary/aromatic N) is 2. The molecule has 25 heavy (non-hydrogen) atoms. The molecule has 0 N–H and O–H groups in total. The summed E-state index contributed by atoms with van der Waals surface area (Å²) in [5.41, 5.74) is 2.35. The first-order chi connectivity index (χ1) is 12.2. The highest BCUT2D eigenvalue weighted by Crippen LogP contribution is 2.28. The number of rotatable bonds is 3. The van der Waals surface area contributed by atoms with E-state index in [4.69, 9.17) is 10.00 Å². The van der Waals surface area contributed by atoms with E-state index in [1.807, 2.05) is 17.0 Å². The molecule has 0 aliphatic carbocycles. The molecule has 1 amide bonds. The van der Waals surface area contributed by atoms with Gasteiger partial charge in [-0.1, -0.05) is 24.6 Å². The minimum Gasteiger partial charge on any atom is -0.497 e. The van der Waals surface area contributed by atoms with Gasteiger partial charge in [0.1, 0.15) is 5.75 Å². The molecular formula is C21H22N2O2. The molecule has 2 aromatic carbocycles. The molecule has 1 saturated heterocycles. The van der Waals surface area contributed by atoms with Gasteiger partial charge in [-0.05, 0) is 48.7 Å². The van der Waals surface area contributed by atoms with Crippen molar-refractivity contribution in [1.29, 1.82) is 5.26 Å². The van der Waals surface area contributed by atoms with Gasteiger partial charge in [0.15, 0.2) is 0 Å². The van der Waals surface area contributed by atoms with Gasteiger partial charge in [0, 0.05) is 24.6 Å². The zero-order chi connectivity index (χ0) is 17.6. The molecule has 0 radical (unpaired) electrons. The van der Waals surface area contributed by atoms with Crippen molar-refractivity contribution in [2.45, 2.75) is 25.2 Å². The largest absolute Gasteiger partial charge is 0.497 e. The fourth-order valence-corrected chi connectivity index (χ4v) is 3.38. The van der Waals surface area contributed by atoms with Crippen LogP contribution in [0, 0.1) is 11.3 Å². The Bertz CT molecular complexity index is 777. The SMILES string of the molecule is COc1ccc(C2CCCCN(C(=O)c3cccc(C#N)c3)C2)cc1. The second-order valence-electron chi connectivity index (χ2n) is 6.41. The third kappa shape index (κ3) is 4.00. The highest BCUT2D eigenvalue weighted by Gasteiger charge is 2.24. The van der Waals surface area contributed by atoms with Crippen LogP contribution in [0.2, 0.25) is 0 Å². The van der Waals surface area contributed by atoms with E-state index in [-0.39, 0.29) is 5.91 Å². The zero-order valence-corrected chi connectivity index (χ0v) is 14.4. The number of methoxy groups -OCH3 is 1. The number of carbonyl (C=O) groups is 1. The first-order valence-electron chi connectivity index (χ1n) is 8.64. The molecule has 1 aliphatic heterocycles. The average molecular weight is 334 g/mol. The molecular weight excluding hydrogens is 312 g/mol. The topological polar surface area (TPSA) is 53.3 Å². The summed E-state index contributed by atoms with van der Waals surface area (Å²) in [7, 11) is 1.66. The minimum absolute atomic E-state index is 0.0116. The van der Waals surface area contributed by atoms with Crippen LogP contribution in [0.3, 0.4) is 0 Å². The van der Waals surface area contributed by atoms with Crippen LogP contribution >= 0.6 is 0 Å². The van der Waals surface area contributed by atoms with Crippen molar-refractivity contribution in [2.75, 3.05) is 20.2 Å². The van der Waals surface area contributed by atoms with Crippen molar-refractivity contribution in [3.8, 4) is 11.8 Å². The van der Waals surface area contributed by atoms with Crippen molar-refractivity contribution in [3.05, 3.63) is 65.2 Å². The van der Waals surface area contributed by atoms with Gasteiger partial charge in [0.05, 0.1) is 18.7 Å². The molecule has 4 nitrogen and oxygen atoms in total. The van der Waals surface area contributed by atoms with Gasteiger partial charge in [-0.15, -0.1) is 0 Å². The van der Waals surface area contributed by atoms with Crippen LogP contribution in [-0.2, 0) is 0 Å². The molecule has 2 aromatic rings. The molecule has 1 atom stereocenters. The van der Waals surface area contributed by atoms with E-state index in [0.717, 1.165) is 31.6 Å². The number of hydrogen-bond donors (Lipinski definition) is 0. The van der Waals surface area contributed by atoms with Crippen LogP contribution in [0.15, 0.2) is 48.5 Å². The fraction of sp³-hybridized carbons (Fsp3) is 0.333.